The van der Waals surface area contributed by atoms with Crippen molar-refractivity contribution in [3.05, 3.63) is 22.4 Å². The third-order valence-corrected chi connectivity index (χ3v) is 4.29. The van der Waals surface area contributed by atoms with Gasteiger partial charge in [0.25, 0.3) is 0 Å². The van der Waals surface area contributed by atoms with Crippen LogP contribution in [0.5, 0.6) is 0 Å². The molecule has 0 unspecified atom stereocenters. The summed E-state index contributed by atoms with van der Waals surface area (Å²) in [6, 6.07) is 4.40. The monoisotopic (exact) mass is 208 g/mol. The molecule has 2 saturated heterocycles. The van der Waals surface area contributed by atoms with Crippen molar-refractivity contribution >= 4 is 11.3 Å². The summed E-state index contributed by atoms with van der Waals surface area (Å²) in [6.07, 6.45) is 0. The second-order valence-corrected chi connectivity index (χ2v) is 5.48. The maximum Gasteiger partial charge on any atom is 0.0328 e. The molecule has 0 aliphatic carbocycles. The van der Waals surface area contributed by atoms with Gasteiger partial charge in [0.15, 0.2) is 0 Å². The quantitative estimate of drug-likeness (QED) is 0.790. The minimum atomic E-state index is 0.926. The minimum absolute atomic E-state index is 0.926. The molecule has 3 heteroatoms. The van der Waals surface area contributed by atoms with Gasteiger partial charge in [0.05, 0.1) is 0 Å². The molecule has 0 aromatic carbocycles. The molecular weight excluding hydrogens is 192 g/mol. The molecule has 1 aromatic rings. The maximum absolute atomic E-state index is 3.48. The Labute approximate surface area is 88.9 Å². The zero-order valence-corrected chi connectivity index (χ0v) is 9.09. The predicted molar refractivity (Wildman–Crippen MR) is 59.4 cm³/mol. The summed E-state index contributed by atoms with van der Waals surface area (Å²) in [5.74, 6) is 1.85. The van der Waals surface area contributed by atoms with E-state index in [1.165, 1.54) is 37.6 Å². The highest BCUT2D eigenvalue weighted by Crippen LogP contribution is 2.27. The van der Waals surface area contributed by atoms with Crippen LogP contribution in [0.15, 0.2) is 17.5 Å². The van der Waals surface area contributed by atoms with Gasteiger partial charge >= 0.3 is 0 Å². The Kier molecular flexibility index (Phi) is 2.32. The summed E-state index contributed by atoms with van der Waals surface area (Å²) >= 11 is 1.88. The molecule has 0 amide bonds. The molecule has 0 radical (unpaired) electrons. The Balaban J connectivity index is 1.61. The summed E-state index contributed by atoms with van der Waals surface area (Å²) in [5.41, 5.74) is 0. The zero-order chi connectivity index (χ0) is 9.38. The van der Waals surface area contributed by atoms with Crippen LogP contribution in [0.1, 0.15) is 4.88 Å². The summed E-state index contributed by atoms with van der Waals surface area (Å²) < 4.78 is 0. The second-order valence-electron chi connectivity index (χ2n) is 4.45. The summed E-state index contributed by atoms with van der Waals surface area (Å²) in [6.45, 7) is 6.26. The van der Waals surface area contributed by atoms with Crippen molar-refractivity contribution in [1.29, 1.82) is 0 Å². The van der Waals surface area contributed by atoms with Crippen molar-refractivity contribution in [2.45, 2.75) is 6.54 Å². The first kappa shape index (κ1) is 8.89. The van der Waals surface area contributed by atoms with E-state index in [4.69, 9.17) is 0 Å². The highest BCUT2D eigenvalue weighted by Gasteiger charge is 2.35. The number of rotatable bonds is 2. The van der Waals surface area contributed by atoms with Crippen molar-refractivity contribution in [3.63, 3.8) is 0 Å². The Morgan fingerprint density at radius 1 is 1.36 bits per heavy atom. The number of hydrogen-bond acceptors (Lipinski definition) is 3. The topological polar surface area (TPSA) is 15.3 Å². The Bertz CT molecular complexity index is 284. The van der Waals surface area contributed by atoms with Gasteiger partial charge in [0.2, 0.25) is 0 Å². The smallest absolute Gasteiger partial charge is 0.0328 e. The van der Waals surface area contributed by atoms with Gasteiger partial charge in [-0.05, 0) is 36.4 Å². The average molecular weight is 208 g/mol. The van der Waals surface area contributed by atoms with Crippen LogP contribution in [0.4, 0.5) is 0 Å². The fraction of sp³-hybridized carbons (Fsp3) is 0.636. The molecular formula is C11H16N2S. The van der Waals surface area contributed by atoms with Crippen LogP contribution in [0, 0.1) is 11.8 Å². The first-order valence-electron chi connectivity index (χ1n) is 5.37. The van der Waals surface area contributed by atoms with Gasteiger partial charge in [-0.2, -0.15) is 0 Å². The highest BCUT2D eigenvalue weighted by atomic mass is 32.1. The second kappa shape index (κ2) is 3.65. The molecule has 2 fully saturated rings. The van der Waals surface area contributed by atoms with Crippen LogP contribution >= 0.6 is 11.3 Å². The van der Waals surface area contributed by atoms with E-state index >= 15 is 0 Å². The molecule has 3 rings (SSSR count). The molecule has 2 nitrogen and oxygen atoms in total. The van der Waals surface area contributed by atoms with Crippen molar-refractivity contribution in [2.75, 3.05) is 26.2 Å². The molecule has 76 valence electrons. The molecule has 2 aliphatic heterocycles. The Morgan fingerprint density at radius 3 is 2.79 bits per heavy atom. The van der Waals surface area contributed by atoms with Gasteiger partial charge in [0.1, 0.15) is 0 Å². The number of likely N-dealkylation sites (tertiary alicyclic amines) is 1. The standard InChI is InChI=1S/C11H16N2S/c1-2-11(14-3-1)8-13-6-9-4-12-5-10(9)7-13/h1-3,9-10,12H,4-8H2/t9-,10-/m0/s1. The van der Waals surface area contributed by atoms with E-state index in [9.17, 15) is 0 Å². The average Bonchev–Trinajstić information content (AvgIpc) is 2.78. The molecule has 3 heterocycles. The molecule has 0 saturated carbocycles. The molecule has 0 bridgehead atoms. The van der Waals surface area contributed by atoms with Gasteiger partial charge in [-0.3, -0.25) is 4.90 Å². The number of nitrogens with one attached hydrogen (secondary N) is 1. The normalized spacial score (nSPS) is 32.3. The van der Waals surface area contributed by atoms with Crippen molar-refractivity contribution in [3.8, 4) is 0 Å². The Morgan fingerprint density at radius 2 is 2.14 bits per heavy atom. The van der Waals surface area contributed by atoms with E-state index in [1.54, 1.807) is 0 Å². The van der Waals surface area contributed by atoms with E-state index < -0.39 is 0 Å². The highest BCUT2D eigenvalue weighted by molar-refractivity contribution is 7.09. The SMILES string of the molecule is c1csc(CN2C[C@@H]3CNC[C@H]3C2)c1. The third kappa shape index (κ3) is 1.60. The molecule has 2 atom stereocenters. The van der Waals surface area contributed by atoms with E-state index in [-0.39, 0.29) is 0 Å². The van der Waals surface area contributed by atoms with E-state index in [2.05, 4.69) is 27.7 Å². The Hall–Kier alpha value is -0.380. The number of nitrogens with zero attached hydrogens (tertiary/aromatic N) is 1. The summed E-state index contributed by atoms with van der Waals surface area (Å²) in [4.78, 5) is 4.13. The lowest BCUT2D eigenvalue weighted by molar-refractivity contribution is 0.308. The van der Waals surface area contributed by atoms with Gasteiger partial charge in [-0.25, -0.2) is 0 Å². The lowest BCUT2D eigenvalue weighted by Crippen LogP contribution is -2.24. The van der Waals surface area contributed by atoms with Crippen LogP contribution < -0.4 is 5.32 Å². The van der Waals surface area contributed by atoms with Gasteiger partial charge in [-0.15, -0.1) is 11.3 Å². The fourth-order valence-electron chi connectivity index (χ4n) is 2.70. The van der Waals surface area contributed by atoms with Crippen LogP contribution in [0.2, 0.25) is 0 Å². The van der Waals surface area contributed by atoms with Crippen LogP contribution in [0.3, 0.4) is 0 Å². The number of thiophene rings is 1. The number of hydrogen-bond donors (Lipinski definition) is 1. The fourth-order valence-corrected chi connectivity index (χ4v) is 3.45. The molecule has 1 aromatic heterocycles. The minimum Gasteiger partial charge on any atom is -0.316 e. The molecule has 0 spiro atoms. The predicted octanol–water partition coefficient (Wildman–Crippen LogP) is 1.40. The summed E-state index contributed by atoms with van der Waals surface area (Å²) in [5, 5.41) is 5.65. The van der Waals surface area contributed by atoms with Crippen molar-refractivity contribution < 1.29 is 0 Å². The molecule has 14 heavy (non-hydrogen) atoms. The number of fused-ring (bicyclic) bond motifs is 1. The first-order valence-corrected chi connectivity index (χ1v) is 6.25. The third-order valence-electron chi connectivity index (χ3n) is 3.42. The van der Waals surface area contributed by atoms with Gasteiger partial charge in [0, 0.05) is 24.5 Å². The largest absolute Gasteiger partial charge is 0.316 e. The summed E-state index contributed by atoms with van der Waals surface area (Å²) in [7, 11) is 0. The molecule has 2 aliphatic rings. The molecule has 1 N–H and O–H groups in total. The van der Waals surface area contributed by atoms with E-state index in [0.717, 1.165) is 11.8 Å². The van der Waals surface area contributed by atoms with Crippen LogP contribution in [-0.4, -0.2) is 31.1 Å². The van der Waals surface area contributed by atoms with Crippen molar-refractivity contribution in [1.82, 2.24) is 10.2 Å². The van der Waals surface area contributed by atoms with Crippen LogP contribution in [-0.2, 0) is 6.54 Å². The first-order chi connectivity index (χ1) is 6.92. The lowest BCUT2D eigenvalue weighted by Gasteiger charge is -2.15. The lowest BCUT2D eigenvalue weighted by atomic mass is 10.0. The van der Waals surface area contributed by atoms with E-state index in [0.29, 0.717) is 0 Å². The van der Waals surface area contributed by atoms with E-state index in [1.807, 2.05) is 11.3 Å². The van der Waals surface area contributed by atoms with Gasteiger partial charge in [-0.1, -0.05) is 6.07 Å². The maximum atomic E-state index is 3.48. The van der Waals surface area contributed by atoms with Gasteiger partial charge < -0.3 is 5.32 Å². The zero-order valence-electron chi connectivity index (χ0n) is 8.28. The van der Waals surface area contributed by atoms with Crippen LogP contribution in [0.25, 0.3) is 0 Å². The van der Waals surface area contributed by atoms with Crippen molar-refractivity contribution in [2.24, 2.45) is 11.8 Å².